The van der Waals surface area contributed by atoms with Gasteiger partial charge in [-0.25, -0.2) is 0 Å². The fourth-order valence-corrected chi connectivity index (χ4v) is 0.856. The zero-order chi connectivity index (χ0) is 5.66. The summed E-state index contributed by atoms with van der Waals surface area (Å²) in [5, 5.41) is 0. The Bertz CT molecular complexity index is 77.1. The molecule has 0 aromatic heterocycles. The van der Waals surface area contributed by atoms with Crippen LogP contribution in [0.4, 0.5) is 0 Å². The summed E-state index contributed by atoms with van der Waals surface area (Å²) in [6.45, 7) is 0. The quantitative estimate of drug-likeness (QED) is 0.603. The van der Waals surface area contributed by atoms with Gasteiger partial charge >= 0.3 is 20.1 Å². The van der Waals surface area contributed by atoms with Crippen LogP contribution in [0.3, 0.4) is 0 Å². The summed E-state index contributed by atoms with van der Waals surface area (Å²) in [4.78, 5) is 0. The van der Waals surface area contributed by atoms with Crippen molar-refractivity contribution in [2.24, 2.45) is 0 Å². The Balaban J connectivity index is 0.000000640. The molecule has 0 unspecified atom stereocenters. The van der Waals surface area contributed by atoms with E-state index in [4.69, 9.17) is 0 Å². The minimum atomic E-state index is 0. The molecule has 0 fully saturated rings. The zero-order valence-corrected chi connectivity index (χ0v) is 7.87. The molecule has 0 bridgehead atoms. The number of hydrogen-bond donors (Lipinski definition) is 0. The van der Waals surface area contributed by atoms with Crippen LogP contribution < -0.4 is 0 Å². The van der Waals surface area contributed by atoms with Gasteiger partial charge in [0.25, 0.3) is 0 Å². The molecule has 0 radical (unpaired) electrons. The molecule has 0 aromatic rings. The fourth-order valence-electron chi connectivity index (χ4n) is 0.856. The molecule has 0 aliphatic heterocycles. The van der Waals surface area contributed by atoms with Gasteiger partial charge in [0.05, 0.1) is 0 Å². The van der Waals surface area contributed by atoms with E-state index in [1.807, 2.05) is 0 Å². The average Bonchev–Trinajstić information content (AvgIpc) is 1.62. The standard InChI is InChI=1S/C8H12.Ir/c1-2-4-6-8-7-5-3-1;/h1-2,7-8H,3-6H2;/q;+1. The summed E-state index contributed by atoms with van der Waals surface area (Å²) in [5.41, 5.74) is 0. The van der Waals surface area contributed by atoms with Gasteiger partial charge in [-0.05, 0) is 25.7 Å². The van der Waals surface area contributed by atoms with Crippen LogP contribution in [0.2, 0.25) is 0 Å². The van der Waals surface area contributed by atoms with Crippen molar-refractivity contribution in [1.29, 1.82) is 0 Å². The van der Waals surface area contributed by atoms with Crippen molar-refractivity contribution in [3.8, 4) is 0 Å². The molecular weight excluding hydrogens is 288 g/mol. The van der Waals surface area contributed by atoms with Gasteiger partial charge in [-0.1, -0.05) is 24.3 Å². The Morgan fingerprint density at radius 3 is 1.00 bits per heavy atom. The van der Waals surface area contributed by atoms with E-state index < -0.39 is 0 Å². The molecule has 0 N–H and O–H groups in total. The zero-order valence-electron chi connectivity index (χ0n) is 5.47. The number of rotatable bonds is 0. The van der Waals surface area contributed by atoms with Gasteiger partial charge in [-0.3, -0.25) is 0 Å². The minimum absolute atomic E-state index is 0. The molecule has 0 spiro atoms. The summed E-state index contributed by atoms with van der Waals surface area (Å²) >= 11 is 0. The molecule has 0 aromatic carbocycles. The summed E-state index contributed by atoms with van der Waals surface area (Å²) in [7, 11) is 0. The van der Waals surface area contributed by atoms with Crippen molar-refractivity contribution >= 4 is 0 Å². The Morgan fingerprint density at radius 1 is 0.556 bits per heavy atom. The maximum absolute atomic E-state index is 2.27. The van der Waals surface area contributed by atoms with Gasteiger partial charge in [0, 0.05) is 0 Å². The van der Waals surface area contributed by atoms with Crippen LogP contribution in [-0.4, -0.2) is 0 Å². The first kappa shape index (κ1) is 9.13. The summed E-state index contributed by atoms with van der Waals surface area (Å²) < 4.78 is 0. The molecule has 0 saturated heterocycles. The van der Waals surface area contributed by atoms with Crippen LogP contribution in [0, 0.1) is 0 Å². The van der Waals surface area contributed by atoms with Gasteiger partial charge in [-0.2, -0.15) is 0 Å². The predicted molar refractivity (Wildman–Crippen MR) is 36.7 cm³/mol. The third-order valence-electron chi connectivity index (χ3n) is 1.33. The predicted octanol–water partition coefficient (Wildman–Crippen LogP) is 2.67. The molecule has 1 aliphatic carbocycles. The fraction of sp³-hybridized carbons (Fsp3) is 0.500. The van der Waals surface area contributed by atoms with E-state index in [0.717, 1.165) is 0 Å². The molecule has 0 atom stereocenters. The molecule has 1 aliphatic rings. The van der Waals surface area contributed by atoms with E-state index in [-0.39, 0.29) is 20.1 Å². The van der Waals surface area contributed by atoms with Crippen LogP contribution in [0.25, 0.3) is 0 Å². The average molecular weight is 300 g/mol. The topological polar surface area (TPSA) is 0 Å². The van der Waals surface area contributed by atoms with E-state index in [1.165, 1.54) is 25.7 Å². The van der Waals surface area contributed by atoms with Gasteiger partial charge in [-0.15, -0.1) is 0 Å². The monoisotopic (exact) mass is 301 g/mol. The van der Waals surface area contributed by atoms with Crippen molar-refractivity contribution in [2.75, 3.05) is 0 Å². The third-order valence-corrected chi connectivity index (χ3v) is 1.33. The first-order valence-corrected chi connectivity index (χ1v) is 3.30. The second-order valence-electron chi connectivity index (χ2n) is 2.10. The Hall–Kier alpha value is 0.129. The van der Waals surface area contributed by atoms with Crippen molar-refractivity contribution in [3.63, 3.8) is 0 Å². The van der Waals surface area contributed by atoms with Crippen molar-refractivity contribution in [2.45, 2.75) is 25.7 Å². The molecule has 1 rings (SSSR count). The van der Waals surface area contributed by atoms with Gasteiger partial charge < -0.3 is 0 Å². The first-order valence-electron chi connectivity index (χ1n) is 3.30. The Morgan fingerprint density at radius 2 is 0.778 bits per heavy atom. The molecule has 52 valence electrons. The molecule has 0 heterocycles. The van der Waals surface area contributed by atoms with E-state index in [0.29, 0.717) is 0 Å². The Kier molecular flexibility index (Phi) is 6.34. The normalized spacial score (nSPS) is 17.8. The second-order valence-corrected chi connectivity index (χ2v) is 2.10. The van der Waals surface area contributed by atoms with Crippen LogP contribution in [0.15, 0.2) is 24.3 Å². The maximum Gasteiger partial charge on any atom is 1.00 e. The van der Waals surface area contributed by atoms with Crippen molar-refractivity contribution in [1.82, 2.24) is 0 Å². The molecule has 9 heavy (non-hydrogen) atoms. The van der Waals surface area contributed by atoms with Crippen molar-refractivity contribution < 1.29 is 20.1 Å². The van der Waals surface area contributed by atoms with E-state index in [1.54, 1.807) is 0 Å². The van der Waals surface area contributed by atoms with Crippen molar-refractivity contribution in [3.05, 3.63) is 24.3 Å². The van der Waals surface area contributed by atoms with Crippen LogP contribution in [0.1, 0.15) is 25.7 Å². The van der Waals surface area contributed by atoms with Crippen LogP contribution in [-0.2, 0) is 20.1 Å². The smallest absolute Gasteiger partial charge is 0.0882 e. The SMILES string of the molecule is C1=CCCC=CCC1.[Ir+]. The molecule has 0 amide bonds. The Labute approximate surface area is 70.4 Å². The third kappa shape index (κ3) is 4.62. The molecule has 0 saturated carbocycles. The maximum atomic E-state index is 2.27. The van der Waals surface area contributed by atoms with Gasteiger partial charge in [0.1, 0.15) is 0 Å². The van der Waals surface area contributed by atoms with E-state index >= 15 is 0 Å². The summed E-state index contributed by atoms with van der Waals surface area (Å²) in [6, 6.07) is 0. The molecular formula is C8H12Ir+. The van der Waals surface area contributed by atoms with Gasteiger partial charge in [0.15, 0.2) is 0 Å². The summed E-state index contributed by atoms with van der Waals surface area (Å²) in [6.07, 6.45) is 14.0. The molecule has 0 nitrogen and oxygen atoms in total. The van der Waals surface area contributed by atoms with Crippen LogP contribution in [0.5, 0.6) is 0 Å². The largest absolute Gasteiger partial charge is 1.00 e. The van der Waals surface area contributed by atoms with Crippen LogP contribution >= 0.6 is 0 Å². The number of allylic oxidation sites excluding steroid dienone is 4. The molecule has 1 heteroatoms. The van der Waals surface area contributed by atoms with E-state index in [2.05, 4.69) is 24.3 Å². The summed E-state index contributed by atoms with van der Waals surface area (Å²) in [5.74, 6) is 0. The van der Waals surface area contributed by atoms with Gasteiger partial charge in [0.2, 0.25) is 0 Å². The second kappa shape index (κ2) is 6.25. The number of hydrogen-bond acceptors (Lipinski definition) is 0. The van der Waals surface area contributed by atoms with E-state index in [9.17, 15) is 0 Å². The first-order chi connectivity index (χ1) is 4.00. The minimum Gasteiger partial charge on any atom is -0.0882 e.